The fourth-order valence-corrected chi connectivity index (χ4v) is 6.30. The molecule has 4 heterocycles. The third-order valence-electron chi connectivity index (χ3n) is 7.54. The highest BCUT2D eigenvalue weighted by Crippen LogP contribution is 2.47. The smallest absolute Gasteiger partial charge is 0.243 e. The Morgan fingerprint density at radius 1 is 1.28 bits per heavy atom. The first kappa shape index (κ1) is 17.6. The van der Waals surface area contributed by atoms with Crippen LogP contribution < -0.4 is 10.1 Å². The summed E-state index contributed by atoms with van der Waals surface area (Å²) in [4.78, 5) is 17.3. The summed E-state index contributed by atoms with van der Waals surface area (Å²) in [6, 6.07) is 7.16. The highest BCUT2D eigenvalue weighted by molar-refractivity contribution is 5.82. The number of hydrogen-bond acceptors (Lipinski definition) is 4. The second kappa shape index (κ2) is 6.91. The molecule has 1 aromatic rings. The highest BCUT2D eigenvalue weighted by Gasteiger charge is 2.50. The van der Waals surface area contributed by atoms with Crippen LogP contribution in [0.15, 0.2) is 41.7 Å². The molecule has 0 aromatic heterocycles. The Hall–Kier alpha value is -2.27. The van der Waals surface area contributed by atoms with Crippen molar-refractivity contribution in [1.82, 2.24) is 15.1 Å². The molecule has 0 radical (unpaired) electrons. The molecule has 0 saturated carbocycles. The molecule has 3 atom stereocenters. The van der Waals surface area contributed by atoms with Gasteiger partial charge in [0, 0.05) is 43.1 Å². The van der Waals surface area contributed by atoms with E-state index >= 15 is 0 Å². The van der Waals surface area contributed by atoms with Crippen molar-refractivity contribution in [1.29, 1.82) is 0 Å². The van der Waals surface area contributed by atoms with Crippen molar-refractivity contribution in [2.45, 2.75) is 38.1 Å². The number of likely N-dealkylation sites (tertiary alicyclic amines) is 1. The van der Waals surface area contributed by atoms with E-state index in [2.05, 4.69) is 45.5 Å². The third-order valence-corrected chi connectivity index (χ3v) is 7.54. The number of carbonyl (C=O) groups excluding carboxylic acids is 1. The van der Waals surface area contributed by atoms with Gasteiger partial charge in [0.2, 0.25) is 5.91 Å². The Bertz CT molecular complexity index is 905. The summed E-state index contributed by atoms with van der Waals surface area (Å²) in [6.07, 6.45) is 10.00. The molecule has 5 aliphatic rings. The van der Waals surface area contributed by atoms with E-state index in [0.29, 0.717) is 24.4 Å². The standard InChI is InChI=1S/C24H29N3O2/c28-22-15-27-21-9-12-26(14-19(21)18-7-2-8-20(25-22)23(18)27)11-3-6-16-4-1-5-17-10-13-29-24(16)17/h1-2,4-5,8,18-19,21H,3,6-7,9-15H2,(H,25,28). The van der Waals surface area contributed by atoms with Crippen LogP contribution in [0.5, 0.6) is 5.75 Å². The van der Waals surface area contributed by atoms with Gasteiger partial charge in [-0.25, -0.2) is 0 Å². The van der Waals surface area contributed by atoms with Crippen molar-refractivity contribution in [2.24, 2.45) is 11.8 Å². The molecular weight excluding hydrogens is 362 g/mol. The number of nitrogens with zero attached hydrogens (tertiary/aromatic N) is 2. The van der Waals surface area contributed by atoms with E-state index < -0.39 is 0 Å². The van der Waals surface area contributed by atoms with Crippen molar-refractivity contribution in [3.63, 3.8) is 0 Å². The predicted molar refractivity (Wildman–Crippen MR) is 111 cm³/mol. The van der Waals surface area contributed by atoms with Gasteiger partial charge in [0.25, 0.3) is 0 Å². The van der Waals surface area contributed by atoms with E-state index in [1.54, 1.807) is 0 Å². The van der Waals surface area contributed by atoms with Gasteiger partial charge in [-0.1, -0.05) is 24.3 Å². The number of ether oxygens (including phenoxy) is 1. The van der Waals surface area contributed by atoms with Gasteiger partial charge in [0.15, 0.2) is 0 Å². The molecule has 6 rings (SSSR count). The minimum absolute atomic E-state index is 0.148. The summed E-state index contributed by atoms with van der Waals surface area (Å²) in [5, 5.41) is 3.10. The summed E-state index contributed by atoms with van der Waals surface area (Å²) in [6.45, 7) is 4.84. The third kappa shape index (κ3) is 2.90. The van der Waals surface area contributed by atoms with Crippen LogP contribution in [0.25, 0.3) is 0 Å². The zero-order valence-corrected chi connectivity index (χ0v) is 16.9. The second-order valence-electron chi connectivity index (χ2n) is 9.15. The van der Waals surface area contributed by atoms with Crippen molar-refractivity contribution < 1.29 is 9.53 Å². The number of nitrogens with one attached hydrogen (secondary N) is 1. The molecule has 29 heavy (non-hydrogen) atoms. The number of piperidine rings is 1. The van der Waals surface area contributed by atoms with Crippen LogP contribution in [0.4, 0.5) is 0 Å². The van der Waals surface area contributed by atoms with Crippen molar-refractivity contribution in [3.8, 4) is 5.75 Å². The Balaban J connectivity index is 1.12. The quantitative estimate of drug-likeness (QED) is 0.857. The van der Waals surface area contributed by atoms with Gasteiger partial charge in [0.05, 0.1) is 18.8 Å². The van der Waals surface area contributed by atoms with Gasteiger partial charge in [-0.3, -0.25) is 4.79 Å². The largest absolute Gasteiger partial charge is 0.493 e. The molecule has 1 amide bonds. The number of allylic oxidation sites excluding steroid dienone is 3. The minimum Gasteiger partial charge on any atom is -0.493 e. The molecular formula is C24H29N3O2. The molecule has 5 heteroatoms. The first-order valence-corrected chi connectivity index (χ1v) is 11.2. The number of rotatable bonds is 4. The van der Waals surface area contributed by atoms with Crippen molar-refractivity contribution in [3.05, 3.63) is 52.9 Å². The molecule has 152 valence electrons. The van der Waals surface area contributed by atoms with E-state index in [1.807, 2.05) is 0 Å². The summed E-state index contributed by atoms with van der Waals surface area (Å²) >= 11 is 0. The molecule has 2 saturated heterocycles. The van der Waals surface area contributed by atoms with Crippen LogP contribution >= 0.6 is 0 Å². The Morgan fingerprint density at radius 2 is 2.24 bits per heavy atom. The molecule has 2 fully saturated rings. The second-order valence-corrected chi connectivity index (χ2v) is 9.15. The van der Waals surface area contributed by atoms with Gasteiger partial charge in [-0.2, -0.15) is 0 Å². The highest BCUT2D eigenvalue weighted by atomic mass is 16.5. The minimum atomic E-state index is 0.148. The molecule has 3 unspecified atom stereocenters. The van der Waals surface area contributed by atoms with Crippen LogP contribution in [0, 0.1) is 11.8 Å². The summed E-state index contributed by atoms with van der Waals surface area (Å²) in [7, 11) is 0. The van der Waals surface area contributed by atoms with Gasteiger partial charge in [0.1, 0.15) is 5.75 Å². The van der Waals surface area contributed by atoms with Crippen LogP contribution in [0.1, 0.15) is 30.4 Å². The number of benzene rings is 1. The molecule has 5 nitrogen and oxygen atoms in total. The zero-order valence-electron chi connectivity index (χ0n) is 16.9. The number of para-hydroxylation sites is 1. The van der Waals surface area contributed by atoms with E-state index in [-0.39, 0.29) is 5.91 Å². The van der Waals surface area contributed by atoms with Gasteiger partial charge in [-0.15, -0.1) is 0 Å². The first-order chi connectivity index (χ1) is 14.3. The first-order valence-electron chi connectivity index (χ1n) is 11.2. The summed E-state index contributed by atoms with van der Waals surface area (Å²) in [5.74, 6) is 2.53. The molecule has 0 spiro atoms. The fraction of sp³-hybridized carbons (Fsp3) is 0.542. The maximum atomic E-state index is 12.2. The van der Waals surface area contributed by atoms with Crippen LogP contribution in [0.2, 0.25) is 0 Å². The van der Waals surface area contributed by atoms with Gasteiger partial charge >= 0.3 is 0 Å². The van der Waals surface area contributed by atoms with E-state index in [4.69, 9.17) is 4.74 Å². The molecule has 1 N–H and O–H groups in total. The fourth-order valence-electron chi connectivity index (χ4n) is 6.30. The number of aryl methyl sites for hydroxylation is 1. The Kier molecular flexibility index (Phi) is 4.19. The van der Waals surface area contributed by atoms with Crippen molar-refractivity contribution in [2.75, 3.05) is 32.8 Å². The van der Waals surface area contributed by atoms with E-state index in [1.165, 1.54) is 29.7 Å². The van der Waals surface area contributed by atoms with Gasteiger partial charge in [-0.05, 0) is 49.4 Å². The maximum Gasteiger partial charge on any atom is 0.243 e. The monoisotopic (exact) mass is 391 g/mol. The number of fused-ring (bicyclic) bond motifs is 4. The van der Waals surface area contributed by atoms with Crippen LogP contribution in [-0.2, 0) is 17.6 Å². The van der Waals surface area contributed by atoms with Crippen LogP contribution in [-0.4, -0.2) is 54.5 Å². The molecule has 1 aromatic carbocycles. The summed E-state index contributed by atoms with van der Waals surface area (Å²) < 4.78 is 5.87. The lowest BCUT2D eigenvalue weighted by Crippen LogP contribution is -2.49. The van der Waals surface area contributed by atoms with E-state index in [0.717, 1.165) is 57.0 Å². The normalized spacial score (nSPS) is 30.0. The maximum absolute atomic E-state index is 12.2. The average Bonchev–Trinajstić information content (AvgIpc) is 3.33. The average molecular weight is 392 g/mol. The van der Waals surface area contributed by atoms with Crippen molar-refractivity contribution >= 4 is 5.91 Å². The zero-order chi connectivity index (χ0) is 19.4. The number of carbonyl (C=O) groups is 1. The van der Waals surface area contributed by atoms with E-state index in [9.17, 15) is 4.79 Å². The summed E-state index contributed by atoms with van der Waals surface area (Å²) in [5.41, 5.74) is 5.24. The Labute approximate surface area is 172 Å². The lowest BCUT2D eigenvalue weighted by Gasteiger charge is -2.39. The molecule has 4 aliphatic heterocycles. The number of hydrogen-bond donors (Lipinski definition) is 1. The van der Waals surface area contributed by atoms with Crippen LogP contribution in [0.3, 0.4) is 0 Å². The lowest BCUT2D eigenvalue weighted by atomic mass is 9.81. The topological polar surface area (TPSA) is 44.8 Å². The molecule has 0 bridgehead atoms. The molecule has 1 aliphatic carbocycles. The Morgan fingerprint density at radius 3 is 3.21 bits per heavy atom. The van der Waals surface area contributed by atoms with Gasteiger partial charge < -0.3 is 19.9 Å². The lowest BCUT2D eigenvalue weighted by molar-refractivity contribution is -0.122. The predicted octanol–water partition coefficient (Wildman–Crippen LogP) is 2.48. The number of amides is 1. The SMILES string of the molecule is O=C1CN2C3=C(C=CCC3C3CN(CCCc4cccc5c4OCC5)CCC32)N1.